The Hall–Kier alpha value is -2.02. The van der Waals surface area contributed by atoms with E-state index in [0.717, 1.165) is 29.7 Å². The van der Waals surface area contributed by atoms with Crippen molar-refractivity contribution < 1.29 is 8.42 Å². The maximum absolute atomic E-state index is 12.2. The predicted octanol–water partition coefficient (Wildman–Crippen LogP) is 0.856. The SMILES string of the molecule is N#Cc1ccc(S(=O)(=O)Nc2nc3c(s2)CNCC3)cn1. The number of nitrogens with one attached hydrogen (secondary N) is 2. The second-order valence-electron chi connectivity index (χ2n) is 4.41. The number of nitrogens with zero attached hydrogens (tertiary/aromatic N) is 3. The van der Waals surface area contributed by atoms with Gasteiger partial charge in [-0.15, -0.1) is 0 Å². The lowest BCUT2D eigenvalue weighted by Crippen LogP contribution is -2.22. The maximum atomic E-state index is 12.2. The second-order valence-corrected chi connectivity index (χ2v) is 7.18. The molecule has 2 N–H and O–H groups in total. The summed E-state index contributed by atoms with van der Waals surface area (Å²) in [5.74, 6) is 0. The first-order valence-corrected chi connectivity index (χ1v) is 8.47. The molecule has 1 aliphatic heterocycles. The number of hydrogen-bond acceptors (Lipinski definition) is 7. The molecule has 0 bridgehead atoms. The Morgan fingerprint density at radius 3 is 2.95 bits per heavy atom. The summed E-state index contributed by atoms with van der Waals surface area (Å²) in [7, 11) is -3.73. The minimum absolute atomic E-state index is 0.00722. The lowest BCUT2D eigenvalue weighted by molar-refractivity contribution is 0.600. The van der Waals surface area contributed by atoms with Crippen molar-refractivity contribution in [3.05, 3.63) is 34.6 Å². The molecule has 21 heavy (non-hydrogen) atoms. The van der Waals surface area contributed by atoms with Gasteiger partial charge in [0, 0.05) is 30.6 Å². The normalized spacial score (nSPS) is 14.2. The molecule has 0 fully saturated rings. The number of nitriles is 1. The van der Waals surface area contributed by atoms with E-state index in [1.807, 2.05) is 6.07 Å². The van der Waals surface area contributed by atoms with Crippen molar-refractivity contribution in [3.63, 3.8) is 0 Å². The zero-order valence-corrected chi connectivity index (χ0v) is 12.5. The average molecular weight is 321 g/mol. The van der Waals surface area contributed by atoms with E-state index < -0.39 is 10.0 Å². The van der Waals surface area contributed by atoms with Crippen molar-refractivity contribution in [1.29, 1.82) is 5.26 Å². The number of fused-ring (bicyclic) bond motifs is 1. The van der Waals surface area contributed by atoms with Gasteiger partial charge in [-0.05, 0) is 12.1 Å². The molecule has 0 aliphatic carbocycles. The van der Waals surface area contributed by atoms with Gasteiger partial charge in [0.25, 0.3) is 10.0 Å². The lowest BCUT2D eigenvalue weighted by atomic mass is 10.2. The van der Waals surface area contributed by atoms with E-state index in [4.69, 9.17) is 5.26 Å². The Kier molecular flexibility index (Phi) is 3.59. The predicted molar refractivity (Wildman–Crippen MR) is 77.3 cm³/mol. The Morgan fingerprint density at radius 2 is 2.29 bits per heavy atom. The summed E-state index contributed by atoms with van der Waals surface area (Å²) >= 11 is 1.33. The molecule has 3 heterocycles. The van der Waals surface area contributed by atoms with Crippen LogP contribution in [0.15, 0.2) is 23.2 Å². The summed E-state index contributed by atoms with van der Waals surface area (Å²) in [6.07, 6.45) is 1.96. The highest BCUT2D eigenvalue weighted by Crippen LogP contribution is 2.27. The Labute approximate surface area is 125 Å². The van der Waals surface area contributed by atoms with Crippen LogP contribution in [0.2, 0.25) is 0 Å². The first kappa shape index (κ1) is 13.9. The van der Waals surface area contributed by atoms with Crippen LogP contribution in [0.25, 0.3) is 0 Å². The van der Waals surface area contributed by atoms with Crippen molar-refractivity contribution in [2.24, 2.45) is 0 Å². The van der Waals surface area contributed by atoms with Gasteiger partial charge >= 0.3 is 0 Å². The van der Waals surface area contributed by atoms with Crippen LogP contribution >= 0.6 is 11.3 Å². The van der Waals surface area contributed by atoms with Gasteiger partial charge in [-0.2, -0.15) is 5.26 Å². The number of sulfonamides is 1. The minimum atomic E-state index is -3.73. The first-order chi connectivity index (χ1) is 10.1. The maximum Gasteiger partial charge on any atom is 0.265 e. The smallest absolute Gasteiger partial charge is 0.265 e. The van der Waals surface area contributed by atoms with Crippen molar-refractivity contribution in [3.8, 4) is 6.07 Å². The molecule has 0 unspecified atom stereocenters. The van der Waals surface area contributed by atoms with Gasteiger partial charge in [-0.1, -0.05) is 11.3 Å². The molecule has 3 rings (SSSR count). The Morgan fingerprint density at radius 1 is 1.43 bits per heavy atom. The van der Waals surface area contributed by atoms with Gasteiger partial charge in [0.15, 0.2) is 5.13 Å². The summed E-state index contributed by atoms with van der Waals surface area (Å²) < 4.78 is 26.9. The largest absolute Gasteiger partial charge is 0.311 e. The molecule has 0 saturated carbocycles. The van der Waals surface area contributed by atoms with E-state index in [1.165, 1.54) is 23.5 Å². The quantitative estimate of drug-likeness (QED) is 0.868. The number of aromatic nitrogens is 2. The van der Waals surface area contributed by atoms with Crippen LogP contribution in [0.5, 0.6) is 0 Å². The fourth-order valence-corrected chi connectivity index (χ4v) is 4.11. The molecule has 2 aromatic rings. The van der Waals surface area contributed by atoms with Crippen LogP contribution in [0.4, 0.5) is 5.13 Å². The van der Waals surface area contributed by atoms with Crippen LogP contribution in [0.3, 0.4) is 0 Å². The van der Waals surface area contributed by atoms with Gasteiger partial charge in [-0.25, -0.2) is 18.4 Å². The number of hydrogen-bond donors (Lipinski definition) is 2. The number of pyridine rings is 1. The van der Waals surface area contributed by atoms with E-state index in [1.54, 1.807) is 0 Å². The van der Waals surface area contributed by atoms with Crippen molar-refractivity contribution >= 4 is 26.5 Å². The minimum Gasteiger partial charge on any atom is -0.311 e. The van der Waals surface area contributed by atoms with Crippen molar-refractivity contribution in [1.82, 2.24) is 15.3 Å². The molecule has 108 valence electrons. The summed E-state index contributed by atoms with van der Waals surface area (Å²) in [5, 5.41) is 12.2. The van der Waals surface area contributed by atoms with Crippen LogP contribution in [0.1, 0.15) is 16.3 Å². The highest BCUT2D eigenvalue weighted by Gasteiger charge is 2.20. The van der Waals surface area contributed by atoms with Crippen LogP contribution in [-0.4, -0.2) is 24.9 Å². The van der Waals surface area contributed by atoms with Gasteiger partial charge in [0.2, 0.25) is 0 Å². The Bertz CT molecular complexity index is 782. The third-order valence-electron chi connectivity index (χ3n) is 2.99. The summed E-state index contributed by atoms with van der Waals surface area (Å²) in [5.41, 5.74) is 1.11. The molecular formula is C12H11N5O2S2. The first-order valence-electron chi connectivity index (χ1n) is 6.17. The molecule has 0 saturated heterocycles. The van der Waals surface area contributed by atoms with Crippen LogP contribution in [-0.2, 0) is 23.0 Å². The van der Waals surface area contributed by atoms with E-state index in [0.29, 0.717) is 11.7 Å². The third-order valence-corrected chi connectivity index (χ3v) is 5.45. The van der Waals surface area contributed by atoms with Crippen LogP contribution in [0, 0.1) is 11.3 Å². The van der Waals surface area contributed by atoms with Gasteiger partial charge in [-0.3, -0.25) is 4.72 Å². The lowest BCUT2D eigenvalue weighted by Gasteiger charge is -2.09. The van der Waals surface area contributed by atoms with E-state index in [2.05, 4.69) is 20.0 Å². The molecule has 0 amide bonds. The fraction of sp³-hybridized carbons (Fsp3) is 0.250. The highest BCUT2D eigenvalue weighted by molar-refractivity contribution is 7.93. The standard InChI is InChI=1S/C12H11N5O2S2/c13-5-8-1-2-9(6-15-8)21(18,19)17-12-16-10-3-4-14-7-11(10)20-12/h1-2,6,14H,3-4,7H2,(H,16,17). The zero-order chi connectivity index (χ0) is 14.9. The van der Waals surface area contributed by atoms with E-state index in [9.17, 15) is 8.42 Å². The molecule has 9 heteroatoms. The zero-order valence-electron chi connectivity index (χ0n) is 10.8. The van der Waals surface area contributed by atoms with E-state index in [-0.39, 0.29) is 10.6 Å². The molecule has 0 atom stereocenters. The number of thiazole rings is 1. The molecule has 0 aromatic carbocycles. The van der Waals surface area contributed by atoms with Gasteiger partial charge in [0.1, 0.15) is 16.7 Å². The summed E-state index contributed by atoms with van der Waals surface area (Å²) in [4.78, 5) is 9.13. The van der Waals surface area contributed by atoms with Crippen molar-refractivity contribution in [2.75, 3.05) is 11.3 Å². The van der Waals surface area contributed by atoms with Crippen LogP contribution < -0.4 is 10.0 Å². The fourth-order valence-electron chi connectivity index (χ4n) is 1.95. The monoisotopic (exact) mass is 321 g/mol. The van der Waals surface area contributed by atoms with Gasteiger partial charge < -0.3 is 5.32 Å². The summed E-state index contributed by atoms with van der Waals surface area (Å²) in [6, 6.07) is 4.56. The second kappa shape index (κ2) is 5.40. The highest BCUT2D eigenvalue weighted by atomic mass is 32.2. The average Bonchev–Trinajstić information content (AvgIpc) is 2.88. The molecule has 0 spiro atoms. The third kappa shape index (κ3) is 2.87. The molecule has 2 aromatic heterocycles. The van der Waals surface area contributed by atoms with Gasteiger partial charge in [0.05, 0.1) is 5.69 Å². The van der Waals surface area contributed by atoms with Crippen molar-refractivity contribution in [2.45, 2.75) is 17.9 Å². The Balaban J connectivity index is 1.85. The summed E-state index contributed by atoms with van der Waals surface area (Å²) in [6.45, 7) is 1.57. The molecule has 0 radical (unpaired) electrons. The molecular weight excluding hydrogens is 310 g/mol. The topological polar surface area (TPSA) is 108 Å². The van der Waals surface area contributed by atoms with E-state index >= 15 is 0 Å². The molecule has 1 aliphatic rings. The number of rotatable bonds is 3. The molecule has 7 nitrogen and oxygen atoms in total. The number of anilines is 1.